The summed E-state index contributed by atoms with van der Waals surface area (Å²) in [4.78, 5) is 16.0. The van der Waals surface area contributed by atoms with Crippen LogP contribution in [0, 0.1) is 5.92 Å². The number of piperidine rings is 1. The van der Waals surface area contributed by atoms with Crippen molar-refractivity contribution in [1.29, 1.82) is 0 Å². The summed E-state index contributed by atoms with van der Waals surface area (Å²) in [5, 5.41) is 0.777. The highest BCUT2D eigenvalue weighted by Gasteiger charge is 2.25. The van der Waals surface area contributed by atoms with Crippen LogP contribution in [0.15, 0.2) is 24.3 Å². The predicted octanol–water partition coefficient (Wildman–Crippen LogP) is 2.64. The third-order valence-electron chi connectivity index (χ3n) is 3.70. The van der Waals surface area contributed by atoms with Crippen LogP contribution in [-0.4, -0.2) is 42.9 Å². The first-order chi connectivity index (χ1) is 9.06. The number of benzene rings is 1. The minimum Gasteiger partial charge on any atom is -0.349 e. The van der Waals surface area contributed by atoms with Gasteiger partial charge in [0.25, 0.3) is 0 Å². The van der Waals surface area contributed by atoms with Crippen LogP contribution in [0.3, 0.4) is 0 Å². The number of carbonyl (C=O) groups is 1. The molecule has 1 saturated heterocycles. The molecule has 0 N–H and O–H groups in total. The second-order valence-corrected chi connectivity index (χ2v) is 5.85. The number of hydrogen-bond donors (Lipinski definition) is 0. The quantitative estimate of drug-likeness (QED) is 0.850. The number of hydrogen-bond acceptors (Lipinski definition) is 2. The molecule has 19 heavy (non-hydrogen) atoms. The maximum atomic E-state index is 11.9. The highest BCUT2D eigenvalue weighted by atomic mass is 35.5. The molecule has 104 valence electrons. The second kappa shape index (κ2) is 6.40. The Kier molecular flexibility index (Phi) is 4.83. The van der Waals surface area contributed by atoms with Crippen LogP contribution in [0.5, 0.6) is 0 Å². The lowest BCUT2D eigenvalue weighted by Crippen LogP contribution is -2.39. The Bertz CT molecular complexity index is 422. The minimum absolute atomic E-state index is 0.205. The van der Waals surface area contributed by atoms with E-state index in [-0.39, 0.29) is 11.8 Å². The van der Waals surface area contributed by atoms with Gasteiger partial charge in [0.1, 0.15) is 0 Å². The molecule has 1 aliphatic heterocycles. The van der Waals surface area contributed by atoms with Gasteiger partial charge in [-0.3, -0.25) is 9.69 Å². The van der Waals surface area contributed by atoms with Crippen molar-refractivity contribution in [2.75, 3.05) is 27.2 Å². The average molecular weight is 281 g/mol. The number of carbonyl (C=O) groups excluding carboxylic acids is 1. The Balaban J connectivity index is 1.83. The van der Waals surface area contributed by atoms with E-state index in [0.29, 0.717) is 0 Å². The smallest absolute Gasteiger partial charge is 0.225 e. The molecule has 0 saturated carbocycles. The van der Waals surface area contributed by atoms with Crippen molar-refractivity contribution in [3.8, 4) is 0 Å². The standard InChI is InChI=1S/C15H21ClN2O/c1-17(2)15(19)13-7-9-18(10-8-13)11-12-3-5-14(16)6-4-12/h3-6,13H,7-11H2,1-2H3. The lowest BCUT2D eigenvalue weighted by atomic mass is 9.95. The first-order valence-corrected chi connectivity index (χ1v) is 7.12. The van der Waals surface area contributed by atoms with Crippen molar-refractivity contribution in [3.05, 3.63) is 34.9 Å². The van der Waals surface area contributed by atoms with Crippen LogP contribution >= 0.6 is 11.6 Å². The van der Waals surface area contributed by atoms with Crippen molar-refractivity contribution in [2.24, 2.45) is 5.92 Å². The van der Waals surface area contributed by atoms with Crippen molar-refractivity contribution in [3.63, 3.8) is 0 Å². The molecule has 1 aromatic rings. The number of likely N-dealkylation sites (tertiary alicyclic amines) is 1. The van der Waals surface area contributed by atoms with Gasteiger partial charge < -0.3 is 4.90 Å². The van der Waals surface area contributed by atoms with E-state index in [4.69, 9.17) is 11.6 Å². The van der Waals surface area contributed by atoms with Crippen molar-refractivity contribution in [1.82, 2.24) is 9.80 Å². The molecular formula is C15H21ClN2O. The van der Waals surface area contributed by atoms with Crippen molar-refractivity contribution >= 4 is 17.5 Å². The minimum atomic E-state index is 0.205. The average Bonchev–Trinajstić information content (AvgIpc) is 2.41. The fraction of sp³-hybridized carbons (Fsp3) is 0.533. The molecule has 0 bridgehead atoms. The fourth-order valence-corrected chi connectivity index (χ4v) is 2.68. The normalized spacial score (nSPS) is 17.4. The molecule has 1 heterocycles. The first-order valence-electron chi connectivity index (χ1n) is 6.74. The van der Waals surface area contributed by atoms with Crippen molar-refractivity contribution in [2.45, 2.75) is 19.4 Å². The first kappa shape index (κ1) is 14.4. The molecule has 0 radical (unpaired) electrons. The van der Waals surface area contributed by atoms with Gasteiger partial charge in [-0.15, -0.1) is 0 Å². The van der Waals surface area contributed by atoms with Gasteiger partial charge in [0.2, 0.25) is 5.91 Å². The lowest BCUT2D eigenvalue weighted by Gasteiger charge is -2.32. The lowest BCUT2D eigenvalue weighted by molar-refractivity contribution is -0.134. The van der Waals surface area contributed by atoms with Crippen LogP contribution in [0.4, 0.5) is 0 Å². The molecule has 1 amide bonds. The maximum Gasteiger partial charge on any atom is 0.225 e. The van der Waals surface area contributed by atoms with Crippen LogP contribution < -0.4 is 0 Å². The van der Waals surface area contributed by atoms with Gasteiger partial charge in [0.05, 0.1) is 0 Å². The third-order valence-corrected chi connectivity index (χ3v) is 3.95. The number of nitrogens with zero attached hydrogens (tertiary/aromatic N) is 2. The van der Waals surface area contributed by atoms with Gasteiger partial charge in [-0.05, 0) is 43.6 Å². The molecular weight excluding hydrogens is 260 g/mol. The van der Waals surface area contributed by atoms with E-state index in [1.165, 1.54) is 5.56 Å². The van der Waals surface area contributed by atoms with E-state index in [9.17, 15) is 4.79 Å². The van der Waals surface area contributed by atoms with E-state index in [1.807, 2.05) is 26.2 Å². The SMILES string of the molecule is CN(C)C(=O)C1CCN(Cc2ccc(Cl)cc2)CC1. The molecule has 2 rings (SSSR count). The molecule has 1 aromatic carbocycles. The largest absolute Gasteiger partial charge is 0.349 e. The zero-order valence-electron chi connectivity index (χ0n) is 11.6. The molecule has 1 aliphatic rings. The second-order valence-electron chi connectivity index (χ2n) is 5.41. The van der Waals surface area contributed by atoms with Gasteiger partial charge >= 0.3 is 0 Å². The third kappa shape index (κ3) is 3.95. The maximum absolute atomic E-state index is 11.9. The topological polar surface area (TPSA) is 23.6 Å². The van der Waals surface area contributed by atoms with Gasteiger partial charge in [-0.25, -0.2) is 0 Å². The summed E-state index contributed by atoms with van der Waals surface area (Å²) in [5.41, 5.74) is 1.28. The van der Waals surface area contributed by atoms with Crippen LogP contribution in [0.25, 0.3) is 0 Å². The summed E-state index contributed by atoms with van der Waals surface area (Å²) < 4.78 is 0. The highest BCUT2D eigenvalue weighted by molar-refractivity contribution is 6.30. The summed E-state index contributed by atoms with van der Waals surface area (Å²) >= 11 is 5.88. The molecule has 0 aliphatic carbocycles. The predicted molar refractivity (Wildman–Crippen MR) is 78.1 cm³/mol. The Morgan fingerprint density at radius 1 is 1.26 bits per heavy atom. The molecule has 3 nitrogen and oxygen atoms in total. The Morgan fingerprint density at radius 2 is 1.84 bits per heavy atom. The molecule has 4 heteroatoms. The van der Waals surface area contributed by atoms with Gasteiger partial charge in [-0.2, -0.15) is 0 Å². The molecule has 1 fully saturated rings. The number of rotatable bonds is 3. The van der Waals surface area contributed by atoms with E-state index >= 15 is 0 Å². The molecule has 0 atom stereocenters. The summed E-state index contributed by atoms with van der Waals surface area (Å²) in [6, 6.07) is 8.00. The Morgan fingerprint density at radius 3 is 2.37 bits per heavy atom. The number of halogens is 1. The number of amides is 1. The van der Waals surface area contributed by atoms with Crippen LogP contribution in [0.2, 0.25) is 5.02 Å². The molecule has 0 aromatic heterocycles. The fourth-order valence-electron chi connectivity index (χ4n) is 2.55. The van der Waals surface area contributed by atoms with E-state index < -0.39 is 0 Å². The monoisotopic (exact) mass is 280 g/mol. The zero-order valence-corrected chi connectivity index (χ0v) is 12.4. The summed E-state index contributed by atoms with van der Waals surface area (Å²) in [6.07, 6.45) is 1.93. The van der Waals surface area contributed by atoms with Crippen LogP contribution in [0.1, 0.15) is 18.4 Å². The van der Waals surface area contributed by atoms with E-state index in [0.717, 1.165) is 37.5 Å². The summed E-state index contributed by atoms with van der Waals surface area (Å²) in [7, 11) is 3.67. The van der Waals surface area contributed by atoms with E-state index in [1.54, 1.807) is 4.90 Å². The highest BCUT2D eigenvalue weighted by Crippen LogP contribution is 2.21. The summed E-state index contributed by atoms with van der Waals surface area (Å²) in [6.45, 7) is 2.93. The van der Waals surface area contributed by atoms with Crippen molar-refractivity contribution < 1.29 is 4.79 Å². The van der Waals surface area contributed by atoms with Gasteiger partial charge in [0.15, 0.2) is 0 Å². The van der Waals surface area contributed by atoms with Crippen LogP contribution in [-0.2, 0) is 11.3 Å². The zero-order chi connectivity index (χ0) is 13.8. The molecule has 0 unspecified atom stereocenters. The van der Waals surface area contributed by atoms with E-state index in [2.05, 4.69) is 17.0 Å². The van der Waals surface area contributed by atoms with Gasteiger partial charge in [0, 0.05) is 31.6 Å². The molecule has 0 spiro atoms. The summed E-state index contributed by atoms with van der Waals surface area (Å²) in [5.74, 6) is 0.475. The Labute approximate surface area is 120 Å². The van der Waals surface area contributed by atoms with Gasteiger partial charge in [-0.1, -0.05) is 23.7 Å². The Hall–Kier alpha value is -1.06.